The molecule has 6 nitrogen and oxygen atoms in total. The minimum atomic E-state index is -0.232. The van der Waals surface area contributed by atoms with E-state index in [1.807, 2.05) is 13.0 Å². The van der Waals surface area contributed by atoms with Crippen LogP contribution < -0.4 is 10.2 Å². The summed E-state index contributed by atoms with van der Waals surface area (Å²) in [5, 5.41) is 29.1. The number of benzene rings is 2. The topological polar surface area (TPSA) is 100 Å². The summed E-state index contributed by atoms with van der Waals surface area (Å²) in [6, 6.07) is 7.87. The molecule has 0 saturated carbocycles. The number of hydrogen-bond acceptors (Lipinski definition) is 6. The van der Waals surface area contributed by atoms with Gasteiger partial charge in [-0.3, -0.25) is 4.79 Å². The maximum absolute atomic E-state index is 12.0. The van der Waals surface area contributed by atoms with Crippen LogP contribution in [0.15, 0.2) is 51.2 Å². The van der Waals surface area contributed by atoms with Gasteiger partial charge >= 0.3 is 0 Å². The summed E-state index contributed by atoms with van der Waals surface area (Å²) in [5.74, 6) is 1.39. The van der Waals surface area contributed by atoms with Gasteiger partial charge in [-0.2, -0.15) is 0 Å². The van der Waals surface area contributed by atoms with E-state index in [9.17, 15) is 15.0 Å². The predicted octanol–water partition coefficient (Wildman–Crippen LogP) is 5.91. The van der Waals surface area contributed by atoms with Gasteiger partial charge < -0.3 is 24.5 Å². The highest BCUT2D eigenvalue weighted by molar-refractivity contribution is 5.87. The average molecular weight is 453 g/mol. The van der Waals surface area contributed by atoms with Crippen LogP contribution in [0.1, 0.15) is 56.4 Å². The summed E-state index contributed by atoms with van der Waals surface area (Å²) in [6.45, 7) is 6.33. The number of aromatic hydroxyl groups is 3. The second-order valence-corrected chi connectivity index (χ2v) is 8.46. The molecule has 33 heavy (non-hydrogen) atoms. The van der Waals surface area contributed by atoms with E-state index >= 15 is 0 Å². The Labute approximate surface area is 193 Å². The van der Waals surface area contributed by atoms with Crippen molar-refractivity contribution < 1.29 is 24.5 Å². The summed E-state index contributed by atoms with van der Waals surface area (Å²) >= 11 is 0. The van der Waals surface area contributed by atoms with Crippen LogP contribution in [0.5, 0.6) is 23.0 Å². The lowest BCUT2D eigenvalue weighted by molar-refractivity contribution is 0.349. The zero-order valence-corrected chi connectivity index (χ0v) is 19.5. The fourth-order valence-corrected chi connectivity index (χ4v) is 3.80. The van der Waals surface area contributed by atoms with Gasteiger partial charge in [0.1, 0.15) is 46.3 Å². The fraction of sp³-hybridized carbons (Fsp3) is 0.370. The van der Waals surface area contributed by atoms with Crippen molar-refractivity contribution >= 4 is 11.0 Å². The van der Waals surface area contributed by atoms with Gasteiger partial charge in [0.05, 0.1) is 0 Å². The van der Waals surface area contributed by atoms with Crippen LogP contribution in [0, 0.1) is 6.92 Å². The first kappa shape index (κ1) is 24.2. The lowest BCUT2D eigenvalue weighted by Gasteiger charge is -2.11. The van der Waals surface area contributed by atoms with Crippen LogP contribution in [-0.4, -0.2) is 21.9 Å². The first-order valence-corrected chi connectivity index (χ1v) is 11.4. The summed E-state index contributed by atoms with van der Waals surface area (Å²) in [4.78, 5) is 12.0. The quantitative estimate of drug-likeness (QED) is 0.329. The molecule has 1 aliphatic rings. The Balaban J connectivity index is 0.000000196. The number of rotatable bonds is 5. The highest BCUT2D eigenvalue weighted by Gasteiger charge is 2.19. The average Bonchev–Trinajstić information content (AvgIpc) is 2.94. The molecule has 0 aliphatic carbocycles. The van der Waals surface area contributed by atoms with E-state index in [1.54, 1.807) is 25.1 Å². The van der Waals surface area contributed by atoms with Gasteiger partial charge in [-0.15, -0.1) is 0 Å². The highest BCUT2D eigenvalue weighted by Crippen LogP contribution is 2.37. The number of unbranched alkanes of at least 4 members (excludes halogenated alkanes) is 3. The van der Waals surface area contributed by atoms with Crippen molar-refractivity contribution in [1.29, 1.82) is 0 Å². The monoisotopic (exact) mass is 452 g/mol. The molecular formula is C27H32O6. The minimum Gasteiger partial charge on any atom is -0.508 e. The Hall–Kier alpha value is -3.41. The van der Waals surface area contributed by atoms with E-state index < -0.39 is 0 Å². The lowest BCUT2D eigenvalue weighted by atomic mass is 10.0. The van der Waals surface area contributed by atoms with E-state index in [-0.39, 0.29) is 28.1 Å². The van der Waals surface area contributed by atoms with Gasteiger partial charge in [0, 0.05) is 23.8 Å². The van der Waals surface area contributed by atoms with Crippen LogP contribution in [-0.2, 0) is 12.8 Å². The number of aryl methyl sites for hydroxylation is 2. The number of ether oxygens (including phenoxy) is 1. The largest absolute Gasteiger partial charge is 0.508 e. The third-order valence-electron chi connectivity index (χ3n) is 5.66. The van der Waals surface area contributed by atoms with Crippen LogP contribution >= 0.6 is 0 Å². The number of allylic oxidation sites excluding steroid dienone is 1. The Morgan fingerprint density at radius 3 is 2.52 bits per heavy atom. The molecule has 176 valence electrons. The van der Waals surface area contributed by atoms with Crippen molar-refractivity contribution in [2.75, 3.05) is 6.61 Å². The number of phenolic OH excluding ortho intramolecular Hbond substituents is 3. The van der Waals surface area contributed by atoms with E-state index in [4.69, 9.17) is 14.3 Å². The lowest BCUT2D eigenvalue weighted by Crippen LogP contribution is -2.04. The van der Waals surface area contributed by atoms with E-state index in [1.165, 1.54) is 31.4 Å². The van der Waals surface area contributed by atoms with Crippen molar-refractivity contribution in [2.24, 2.45) is 0 Å². The standard InChI is InChI=1S/C15H14O4.C12H18O2/c1-8-3-4-10-12(18-7-8)6-13-14(15(10)17)11(16)5-9(2)19-13;1-2-3-4-5-6-10-7-8-11(13)9-12(10)14/h3,5-6,17H,4,7H2,1-2H3;7-9,13-14H,2-6H2,1H3. The van der Waals surface area contributed by atoms with Crippen LogP contribution in [0.3, 0.4) is 0 Å². The number of phenols is 3. The molecule has 1 aromatic heterocycles. The molecule has 6 heteroatoms. The predicted molar refractivity (Wildman–Crippen MR) is 129 cm³/mol. The molecule has 3 aromatic rings. The smallest absolute Gasteiger partial charge is 0.196 e. The fourth-order valence-electron chi connectivity index (χ4n) is 3.80. The molecule has 0 fully saturated rings. The number of hydrogen-bond donors (Lipinski definition) is 3. The molecule has 0 spiro atoms. The molecule has 0 unspecified atom stereocenters. The van der Waals surface area contributed by atoms with Crippen LogP contribution in [0.4, 0.5) is 0 Å². The highest BCUT2D eigenvalue weighted by atomic mass is 16.5. The van der Waals surface area contributed by atoms with E-state index in [2.05, 4.69) is 6.92 Å². The molecule has 0 saturated heterocycles. The third-order valence-corrected chi connectivity index (χ3v) is 5.66. The second kappa shape index (κ2) is 10.9. The SMILES string of the molecule is CC1=CCc2c(cc3oc(C)cc(=O)c3c2O)OC1.CCCCCCc1ccc(O)cc1O. The van der Waals surface area contributed by atoms with Crippen molar-refractivity contribution in [2.45, 2.75) is 59.3 Å². The Morgan fingerprint density at radius 1 is 1.00 bits per heavy atom. The second-order valence-electron chi connectivity index (χ2n) is 8.46. The first-order valence-electron chi connectivity index (χ1n) is 11.4. The molecule has 0 radical (unpaired) electrons. The minimum absolute atomic E-state index is 0.0350. The Morgan fingerprint density at radius 2 is 1.79 bits per heavy atom. The maximum Gasteiger partial charge on any atom is 0.196 e. The summed E-state index contributed by atoms with van der Waals surface area (Å²) < 4.78 is 11.1. The van der Waals surface area contributed by atoms with Gasteiger partial charge in [0.2, 0.25) is 0 Å². The first-order chi connectivity index (χ1) is 15.8. The Kier molecular flexibility index (Phi) is 8.04. The van der Waals surface area contributed by atoms with Gasteiger partial charge in [0.25, 0.3) is 0 Å². The van der Waals surface area contributed by atoms with Gasteiger partial charge in [-0.25, -0.2) is 0 Å². The van der Waals surface area contributed by atoms with Crippen molar-refractivity contribution in [1.82, 2.24) is 0 Å². The molecular weight excluding hydrogens is 420 g/mol. The maximum atomic E-state index is 12.0. The van der Waals surface area contributed by atoms with Crippen molar-refractivity contribution in [3.05, 3.63) is 69.1 Å². The molecule has 0 atom stereocenters. The van der Waals surface area contributed by atoms with Gasteiger partial charge in [-0.05, 0) is 50.3 Å². The third kappa shape index (κ3) is 6.09. The van der Waals surface area contributed by atoms with E-state index in [0.717, 1.165) is 24.0 Å². The van der Waals surface area contributed by atoms with Crippen LogP contribution in [0.25, 0.3) is 11.0 Å². The number of fused-ring (bicyclic) bond motifs is 2. The van der Waals surface area contributed by atoms with Gasteiger partial charge in [-0.1, -0.05) is 38.3 Å². The molecule has 0 amide bonds. The molecule has 3 N–H and O–H groups in total. The van der Waals surface area contributed by atoms with Crippen LogP contribution in [0.2, 0.25) is 0 Å². The summed E-state index contributed by atoms with van der Waals surface area (Å²) in [7, 11) is 0. The van der Waals surface area contributed by atoms with E-state index in [0.29, 0.717) is 35.7 Å². The molecule has 2 aromatic carbocycles. The zero-order valence-electron chi connectivity index (χ0n) is 19.5. The Bertz CT molecular complexity index is 1210. The molecule has 4 rings (SSSR count). The molecule has 0 bridgehead atoms. The van der Waals surface area contributed by atoms with Crippen molar-refractivity contribution in [3.8, 4) is 23.0 Å². The zero-order chi connectivity index (χ0) is 24.0. The normalized spacial score (nSPS) is 12.8. The summed E-state index contributed by atoms with van der Waals surface area (Å²) in [6.07, 6.45) is 8.22. The van der Waals surface area contributed by atoms with Gasteiger partial charge in [0.15, 0.2) is 5.43 Å². The molecule has 2 heterocycles. The van der Waals surface area contributed by atoms with Crippen molar-refractivity contribution in [3.63, 3.8) is 0 Å². The summed E-state index contributed by atoms with van der Waals surface area (Å²) in [5.41, 5.74) is 2.79. The molecule has 1 aliphatic heterocycles.